The van der Waals surface area contributed by atoms with E-state index < -0.39 is 0 Å². The van der Waals surface area contributed by atoms with Crippen LogP contribution in [0.1, 0.15) is 64.2 Å². The summed E-state index contributed by atoms with van der Waals surface area (Å²) < 4.78 is 0. The molecule has 22 heavy (non-hydrogen) atoms. The van der Waals surface area contributed by atoms with E-state index in [0.717, 1.165) is 13.1 Å². The van der Waals surface area contributed by atoms with E-state index in [0.29, 0.717) is 0 Å². The molecule has 128 valence electrons. The van der Waals surface area contributed by atoms with Gasteiger partial charge < -0.3 is 11.5 Å². The first-order chi connectivity index (χ1) is 10.6. The third-order valence-electron chi connectivity index (χ3n) is 6.24. The van der Waals surface area contributed by atoms with Crippen molar-refractivity contribution in [3.63, 3.8) is 0 Å². The molecule has 2 saturated carbocycles. The van der Waals surface area contributed by atoms with Crippen molar-refractivity contribution in [1.82, 2.24) is 9.80 Å². The topological polar surface area (TPSA) is 58.5 Å². The van der Waals surface area contributed by atoms with Gasteiger partial charge in [0.2, 0.25) is 0 Å². The highest BCUT2D eigenvalue weighted by molar-refractivity contribution is 4.94. The number of rotatable bonds is 4. The molecule has 1 heterocycles. The number of nitrogens with two attached hydrogens (primary N) is 2. The van der Waals surface area contributed by atoms with E-state index in [1.54, 1.807) is 0 Å². The molecule has 0 atom stereocenters. The minimum Gasteiger partial charge on any atom is -0.324 e. The van der Waals surface area contributed by atoms with Gasteiger partial charge in [0.15, 0.2) is 0 Å². The Bertz CT molecular complexity index is 303. The van der Waals surface area contributed by atoms with Gasteiger partial charge in [-0.15, -0.1) is 0 Å². The van der Waals surface area contributed by atoms with E-state index in [2.05, 4.69) is 9.80 Å². The molecule has 1 aliphatic heterocycles. The van der Waals surface area contributed by atoms with Gasteiger partial charge in [-0.1, -0.05) is 38.5 Å². The molecule has 0 aromatic carbocycles. The average Bonchev–Trinajstić information content (AvgIpc) is 2.50. The average molecular weight is 309 g/mol. The maximum atomic E-state index is 6.62. The second-order valence-electron chi connectivity index (χ2n) is 8.40. The summed E-state index contributed by atoms with van der Waals surface area (Å²) in [6.07, 6.45) is 12.9. The molecular formula is C18H36N4. The SMILES string of the molecule is NC1(CN2CCN(CC3(N)CCCCC3)CC2)CCCCC1. The van der Waals surface area contributed by atoms with E-state index in [4.69, 9.17) is 11.5 Å². The largest absolute Gasteiger partial charge is 0.324 e. The smallest absolute Gasteiger partial charge is 0.0283 e. The molecular weight excluding hydrogens is 272 g/mol. The summed E-state index contributed by atoms with van der Waals surface area (Å²) >= 11 is 0. The molecule has 4 heteroatoms. The van der Waals surface area contributed by atoms with Crippen LogP contribution < -0.4 is 11.5 Å². The Kier molecular flexibility index (Phi) is 5.43. The Morgan fingerprint density at radius 2 is 0.864 bits per heavy atom. The molecule has 4 N–H and O–H groups in total. The minimum atomic E-state index is 0.0961. The quantitative estimate of drug-likeness (QED) is 0.833. The van der Waals surface area contributed by atoms with Gasteiger partial charge in [-0.3, -0.25) is 9.80 Å². The van der Waals surface area contributed by atoms with Crippen molar-refractivity contribution in [2.24, 2.45) is 11.5 Å². The zero-order valence-electron chi connectivity index (χ0n) is 14.4. The van der Waals surface area contributed by atoms with Crippen molar-refractivity contribution in [2.75, 3.05) is 39.3 Å². The molecule has 0 aromatic rings. The normalized spacial score (nSPS) is 30.3. The van der Waals surface area contributed by atoms with Crippen LogP contribution in [0.2, 0.25) is 0 Å². The van der Waals surface area contributed by atoms with Crippen LogP contribution in [0.15, 0.2) is 0 Å². The first-order valence-electron chi connectivity index (χ1n) is 9.60. The fourth-order valence-electron chi connectivity index (χ4n) is 4.82. The van der Waals surface area contributed by atoms with Gasteiger partial charge in [-0.25, -0.2) is 0 Å². The summed E-state index contributed by atoms with van der Waals surface area (Å²) in [5, 5.41) is 0. The number of piperazine rings is 1. The number of hydrogen-bond donors (Lipinski definition) is 2. The number of nitrogens with zero attached hydrogens (tertiary/aromatic N) is 2. The van der Waals surface area contributed by atoms with Crippen LogP contribution >= 0.6 is 0 Å². The van der Waals surface area contributed by atoms with Crippen molar-refractivity contribution in [3.05, 3.63) is 0 Å². The molecule has 4 nitrogen and oxygen atoms in total. The highest BCUT2D eigenvalue weighted by atomic mass is 15.3. The molecule has 2 aliphatic carbocycles. The summed E-state index contributed by atoms with van der Waals surface area (Å²) in [4.78, 5) is 5.21. The van der Waals surface area contributed by atoms with E-state index in [1.807, 2.05) is 0 Å². The Balaban J connectivity index is 1.42. The Labute approximate surface area is 136 Å². The number of hydrogen-bond acceptors (Lipinski definition) is 4. The van der Waals surface area contributed by atoms with Gasteiger partial charge >= 0.3 is 0 Å². The molecule has 3 aliphatic rings. The highest BCUT2D eigenvalue weighted by Crippen LogP contribution is 2.28. The van der Waals surface area contributed by atoms with Crippen LogP contribution in [0.3, 0.4) is 0 Å². The maximum absolute atomic E-state index is 6.62. The first kappa shape index (κ1) is 16.7. The Hall–Kier alpha value is -0.160. The van der Waals surface area contributed by atoms with Crippen LogP contribution in [0.4, 0.5) is 0 Å². The lowest BCUT2D eigenvalue weighted by Gasteiger charge is -2.44. The molecule has 0 aromatic heterocycles. The Morgan fingerprint density at radius 3 is 1.18 bits per heavy atom. The molecule has 3 rings (SSSR count). The van der Waals surface area contributed by atoms with Crippen LogP contribution in [-0.4, -0.2) is 60.1 Å². The second-order valence-corrected chi connectivity index (χ2v) is 8.40. The van der Waals surface area contributed by atoms with Gasteiger partial charge in [0.25, 0.3) is 0 Å². The van der Waals surface area contributed by atoms with Crippen LogP contribution in [-0.2, 0) is 0 Å². The lowest BCUT2D eigenvalue weighted by molar-refractivity contribution is 0.0779. The van der Waals surface area contributed by atoms with Gasteiger partial charge in [0.1, 0.15) is 0 Å². The highest BCUT2D eigenvalue weighted by Gasteiger charge is 2.33. The van der Waals surface area contributed by atoms with E-state index in [-0.39, 0.29) is 11.1 Å². The fourth-order valence-corrected chi connectivity index (χ4v) is 4.82. The van der Waals surface area contributed by atoms with Crippen LogP contribution in [0.5, 0.6) is 0 Å². The molecule has 3 fully saturated rings. The van der Waals surface area contributed by atoms with Gasteiger partial charge in [0.05, 0.1) is 0 Å². The zero-order valence-corrected chi connectivity index (χ0v) is 14.4. The molecule has 0 amide bonds. The first-order valence-corrected chi connectivity index (χ1v) is 9.60. The van der Waals surface area contributed by atoms with E-state index >= 15 is 0 Å². The summed E-state index contributed by atoms with van der Waals surface area (Å²) in [6.45, 7) is 6.91. The van der Waals surface area contributed by atoms with Crippen LogP contribution in [0.25, 0.3) is 0 Å². The zero-order chi connectivity index (χ0) is 15.5. The maximum Gasteiger partial charge on any atom is 0.0283 e. The summed E-state index contributed by atoms with van der Waals surface area (Å²) in [5.41, 5.74) is 13.4. The van der Waals surface area contributed by atoms with Crippen molar-refractivity contribution in [2.45, 2.75) is 75.3 Å². The molecule has 1 saturated heterocycles. The van der Waals surface area contributed by atoms with Crippen LogP contribution in [0, 0.1) is 0 Å². The van der Waals surface area contributed by atoms with E-state index in [9.17, 15) is 0 Å². The van der Waals surface area contributed by atoms with E-state index in [1.165, 1.54) is 90.4 Å². The van der Waals surface area contributed by atoms with Crippen molar-refractivity contribution in [1.29, 1.82) is 0 Å². The monoisotopic (exact) mass is 308 g/mol. The van der Waals surface area contributed by atoms with Crippen molar-refractivity contribution < 1.29 is 0 Å². The van der Waals surface area contributed by atoms with Crippen molar-refractivity contribution >= 4 is 0 Å². The predicted octanol–water partition coefficient (Wildman–Crippen LogP) is 1.93. The third kappa shape index (κ3) is 4.44. The van der Waals surface area contributed by atoms with Gasteiger partial charge in [-0.2, -0.15) is 0 Å². The minimum absolute atomic E-state index is 0.0961. The molecule has 0 unspecified atom stereocenters. The van der Waals surface area contributed by atoms with Gasteiger partial charge in [0, 0.05) is 50.3 Å². The summed E-state index contributed by atoms with van der Waals surface area (Å²) in [5.74, 6) is 0. The fraction of sp³-hybridized carbons (Fsp3) is 1.00. The second kappa shape index (κ2) is 7.16. The lowest BCUT2D eigenvalue weighted by atomic mass is 9.81. The predicted molar refractivity (Wildman–Crippen MR) is 92.9 cm³/mol. The lowest BCUT2D eigenvalue weighted by Crippen LogP contribution is -2.59. The summed E-state index contributed by atoms with van der Waals surface area (Å²) in [6, 6.07) is 0. The summed E-state index contributed by atoms with van der Waals surface area (Å²) in [7, 11) is 0. The van der Waals surface area contributed by atoms with Crippen molar-refractivity contribution in [3.8, 4) is 0 Å². The molecule has 0 bridgehead atoms. The van der Waals surface area contributed by atoms with Gasteiger partial charge in [-0.05, 0) is 25.7 Å². The third-order valence-corrected chi connectivity index (χ3v) is 6.24. The molecule has 0 spiro atoms. The standard InChI is InChI=1S/C18H36N4/c19-17(7-3-1-4-8-17)15-21-11-13-22(14-12-21)16-18(20)9-5-2-6-10-18/h1-16,19-20H2. The molecule has 0 radical (unpaired) electrons. The Morgan fingerprint density at radius 1 is 0.545 bits per heavy atom.